The van der Waals surface area contributed by atoms with Gasteiger partial charge in [0.25, 0.3) is 0 Å². The molecule has 0 radical (unpaired) electrons. The van der Waals surface area contributed by atoms with Gasteiger partial charge in [0.1, 0.15) is 0 Å². The Hall–Kier alpha value is -3.04. The zero-order valence-electron chi connectivity index (χ0n) is 14.0. The van der Waals surface area contributed by atoms with Crippen LogP contribution < -0.4 is 17.0 Å². The molecule has 4 heteroatoms. The number of benzene rings is 2. The second-order valence-corrected chi connectivity index (χ2v) is 5.95. The second kappa shape index (κ2) is 7.89. The molecule has 4 aromatic rings. The highest BCUT2D eigenvalue weighted by Gasteiger charge is 2.12. The molecule has 2 heterocycles. The van der Waals surface area contributed by atoms with E-state index in [0.717, 1.165) is 16.5 Å². The molecule has 26 heavy (non-hydrogen) atoms. The first kappa shape index (κ1) is 17.8. The molecule has 3 nitrogen and oxygen atoms in total. The van der Waals surface area contributed by atoms with Crippen molar-refractivity contribution in [2.45, 2.75) is 6.54 Å². The topological polar surface area (TPSA) is 33.8 Å². The van der Waals surface area contributed by atoms with Gasteiger partial charge in [0.2, 0.25) is 0 Å². The van der Waals surface area contributed by atoms with E-state index in [1.54, 1.807) is 0 Å². The minimum Gasteiger partial charge on any atom is -1.00 e. The zero-order valence-corrected chi connectivity index (χ0v) is 14.8. The average molecular weight is 361 g/mol. The van der Waals surface area contributed by atoms with Crippen LogP contribution in [0, 0.1) is 0 Å². The number of aromatic nitrogens is 2. The molecule has 0 aliphatic heterocycles. The molecule has 0 saturated carbocycles. The third-order valence-electron chi connectivity index (χ3n) is 4.26. The summed E-state index contributed by atoms with van der Waals surface area (Å²) in [5.74, 6) is 0.0413. The maximum Gasteiger partial charge on any atom is 0.193 e. The van der Waals surface area contributed by atoms with Crippen LogP contribution in [0.1, 0.15) is 21.5 Å². The molecule has 128 valence electrons. The average Bonchev–Trinajstić information content (AvgIpc) is 2.69. The van der Waals surface area contributed by atoms with Crippen molar-refractivity contribution in [1.29, 1.82) is 0 Å². The lowest BCUT2D eigenvalue weighted by molar-refractivity contribution is -0.688. The number of pyridine rings is 2. The van der Waals surface area contributed by atoms with Gasteiger partial charge in [-0.2, -0.15) is 0 Å². The Balaban J connectivity index is 0.00000196. The molecule has 0 spiro atoms. The summed E-state index contributed by atoms with van der Waals surface area (Å²) in [7, 11) is 0. The fourth-order valence-electron chi connectivity index (χ4n) is 2.96. The first-order chi connectivity index (χ1) is 12.3. The van der Waals surface area contributed by atoms with E-state index >= 15 is 0 Å². The summed E-state index contributed by atoms with van der Waals surface area (Å²) in [5.41, 5.74) is 3.57. The fourth-order valence-corrected chi connectivity index (χ4v) is 2.96. The number of para-hydroxylation sites is 1. The van der Waals surface area contributed by atoms with E-state index in [0.29, 0.717) is 17.7 Å². The first-order valence-electron chi connectivity index (χ1n) is 8.23. The lowest BCUT2D eigenvalue weighted by Crippen LogP contribution is -3.00. The van der Waals surface area contributed by atoms with Gasteiger partial charge in [-0.15, -0.1) is 0 Å². The minimum absolute atomic E-state index is 0. The number of carbonyl (C=O) groups is 1. The Morgan fingerprint density at radius 3 is 2.27 bits per heavy atom. The molecule has 4 rings (SSSR count). The van der Waals surface area contributed by atoms with Gasteiger partial charge in [-0.05, 0) is 6.07 Å². The van der Waals surface area contributed by atoms with Gasteiger partial charge < -0.3 is 12.4 Å². The van der Waals surface area contributed by atoms with Crippen LogP contribution in [0.3, 0.4) is 0 Å². The Morgan fingerprint density at radius 2 is 1.50 bits per heavy atom. The van der Waals surface area contributed by atoms with Crippen molar-refractivity contribution in [1.82, 2.24) is 4.98 Å². The van der Waals surface area contributed by atoms with E-state index in [2.05, 4.69) is 27.8 Å². The second-order valence-electron chi connectivity index (χ2n) is 5.95. The summed E-state index contributed by atoms with van der Waals surface area (Å²) in [4.78, 5) is 17.0. The highest BCUT2D eigenvalue weighted by Crippen LogP contribution is 2.15. The van der Waals surface area contributed by atoms with Crippen LogP contribution >= 0.6 is 0 Å². The fraction of sp³-hybridized carbons (Fsp3) is 0.0455. The largest absolute Gasteiger partial charge is 1.00 e. The lowest BCUT2D eigenvalue weighted by atomic mass is 10.0. The first-order valence-corrected chi connectivity index (χ1v) is 8.23. The molecule has 0 N–H and O–H groups in total. The van der Waals surface area contributed by atoms with Crippen molar-refractivity contribution in [2.75, 3.05) is 0 Å². The number of carbonyl (C=O) groups excluding carboxylic acids is 1. The maximum absolute atomic E-state index is 12.5. The van der Waals surface area contributed by atoms with E-state index in [9.17, 15) is 4.79 Å². The van der Waals surface area contributed by atoms with Crippen LogP contribution in [0.2, 0.25) is 0 Å². The molecular weight excluding hydrogens is 344 g/mol. The van der Waals surface area contributed by atoms with E-state index < -0.39 is 0 Å². The van der Waals surface area contributed by atoms with Crippen molar-refractivity contribution in [2.24, 2.45) is 0 Å². The van der Waals surface area contributed by atoms with Crippen LogP contribution in [0.25, 0.3) is 10.9 Å². The zero-order chi connectivity index (χ0) is 17.1. The summed E-state index contributed by atoms with van der Waals surface area (Å²) < 4.78 is 2.06. The number of hydrogen-bond donors (Lipinski definition) is 0. The van der Waals surface area contributed by atoms with Gasteiger partial charge in [-0.25, -0.2) is 4.57 Å². The van der Waals surface area contributed by atoms with Crippen molar-refractivity contribution in [3.63, 3.8) is 0 Å². The molecular formula is C22H17ClN2O. The van der Waals surface area contributed by atoms with Crippen LogP contribution in [0.4, 0.5) is 0 Å². The monoisotopic (exact) mass is 360 g/mol. The normalized spacial score (nSPS) is 10.3. The molecule has 2 aromatic carbocycles. The molecule has 0 atom stereocenters. The van der Waals surface area contributed by atoms with Crippen LogP contribution in [0.5, 0.6) is 0 Å². The number of nitrogens with zero attached hydrogens (tertiary/aromatic N) is 2. The van der Waals surface area contributed by atoms with E-state index in [1.807, 2.05) is 73.2 Å². The smallest absolute Gasteiger partial charge is 0.193 e. The molecule has 0 aliphatic rings. The van der Waals surface area contributed by atoms with Gasteiger partial charge in [0, 0.05) is 40.4 Å². The Morgan fingerprint density at radius 1 is 0.808 bits per heavy atom. The van der Waals surface area contributed by atoms with Crippen LogP contribution in [-0.4, -0.2) is 10.8 Å². The molecule has 0 unspecified atom stereocenters. The lowest BCUT2D eigenvalue weighted by Gasteiger charge is -2.04. The number of fused-ring (bicyclic) bond motifs is 1. The Bertz CT molecular complexity index is 1030. The standard InChI is InChI=1S/C22H17N2O.ClH/c25-22(18-6-2-1-3-7-18)19-11-14-24(15-12-19)16-20-9-4-8-17-10-5-13-23-21(17)20;/h1-15H,16H2;1H/q+1;/p-1. The quantitative estimate of drug-likeness (QED) is 0.398. The number of hydrogen-bond acceptors (Lipinski definition) is 2. The molecule has 0 saturated heterocycles. The van der Waals surface area contributed by atoms with Crippen molar-refractivity contribution in [3.05, 3.63) is 108 Å². The van der Waals surface area contributed by atoms with Crippen molar-refractivity contribution < 1.29 is 21.8 Å². The van der Waals surface area contributed by atoms with Crippen molar-refractivity contribution >= 4 is 16.7 Å². The summed E-state index contributed by atoms with van der Waals surface area (Å²) in [6.07, 6.45) is 5.70. The number of ketones is 1. The summed E-state index contributed by atoms with van der Waals surface area (Å²) in [6.45, 7) is 0.716. The SMILES string of the molecule is O=C(c1ccccc1)c1cc[n+](Cc2cccc3cccnc23)cc1.[Cl-]. The van der Waals surface area contributed by atoms with Crippen molar-refractivity contribution in [3.8, 4) is 0 Å². The van der Waals surface area contributed by atoms with Gasteiger partial charge in [0.05, 0.1) is 5.52 Å². The Labute approximate surface area is 158 Å². The van der Waals surface area contributed by atoms with E-state index in [1.165, 1.54) is 0 Å². The van der Waals surface area contributed by atoms with Crippen LogP contribution in [0.15, 0.2) is 91.4 Å². The summed E-state index contributed by atoms with van der Waals surface area (Å²) >= 11 is 0. The third kappa shape index (κ3) is 3.63. The number of rotatable bonds is 4. The van der Waals surface area contributed by atoms with Gasteiger partial charge in [-0.3, -0.25) is 9.78 Å². The molecule has 0 aliphatic carbocycles. The highest BCUT2D eigenvalue weighted by atomic mass is 35.5. The molecule has 0 bridgehead atoms. The Kier molecular flexibility index (Phi) is 5.40. The van der Waals surface area contributed by atoms with Gasteiger partial charge in [-0.1, -0.05) is 54.6 Å². The number of halogens is 1. The predicted octanol–water partition coefficient (Wildman–Crippen LogP) is 0.806. The summed E-state index contributed by atoms with van der Waals surface area (Å²) in [5, 5.41) is 1.14. The van der Waals surface area contributed by atoms with Crippen LogP contribution in [-0.2, 0) is 6.54 Å². The van der Waals surface area contributed by atoms with Gasteiger partial charge >= 0.3 is 0 Å². The van der Waals surface area contributed by atoms with E-state index in [4.69, 9.17) is 0 Å². The molecule has 2 aromatic heterocycles. The van der Waals surface area contributed by atoms with Gasteiger partial charge in [0.15, 0.2) is 24.7 Å². The third-order valence-corrected chi connectivity index (χ3v) is 4.26. The molecule has 0 fully saturated rings. The minimum atomic E-state index is 0. The summed E-state index contributed by atoms with van der Waals surface area (Å²) in [6, 6.07) is 23.3. The molecule has 0 amide bonds. The predicted molar refractivity (Wildman–Crippen MR) is 97.4 cm³/mol. The maximum atomic E-state index is 12.5. The highest BCUT2D eigenvalue weighted by molar-refractivity contribution is 6.08. The van der Waals surface area contributed by atoms with E-state index in [-0.39, 0.29) is 18.2 Å².